The highest BCUT2D eigenvalue weighted by atomic mass is 19.1. The number of nitrogens with zero attached hydrogens (tertiary/aromatic N) is 4. The van der Waals surface area contributed by atoms with Crippen molar-refractivity contribution >= 4 is 0 Å². The topological polar surface area (TPSA) is 85.1 Å². The van der Waals surface area contributed by atoms with Crippen LogP contribution in [-0.2, 0) is 0 Å². The normalized spacial score (nSPS) is 25.9. The number of fused-ring (bicyclic) bond motifs is 2. The van der Waals surface area contributed by atoms with Gasteiger partial charge in [-0.1, -0.05) is 0 Å². The average molecular weight is 395 g/mol. The van der Waals surface area contributed by atoms with Crippen LogP contribution in [0.5, 0.6) is 11.6 Å². The lowest BCUT2D eigenvalue weighted by atomic mass is 10.0. The van der Waals surface area contributed by atoms with Crippen LogP contribution in [0.1, 0.15) is 25.0 Å². The van der Waals surface area contributed by atoms with Crippen molar-refractivity contribution in [1.29, 1.82) is 0 Å². The van der Waals surface area contributed by atoms with Crippen molar-refractivity contribution in [2.24, 2.45) is 0 Å². The van der Waals surface area contributed by atoms with Crippen LogP contribution >= 0.6 is 0 Å². The van der Waals surface area contributed by atoms with Crippen LogP contribution in [0.15, 0.2) is 42.6 Å². The standard InChI is InChI=1S/C21H22FN5O2/c1-12-6-7-27(26-12)14-2-3-16(20(28)10-14)18-4-5-21(25-24-18)29-15-8-13-9-17(22)19(11-15)23-13/h2-7,10,13,15,17,19,23,28H,8-9,11H2,1H3. The third-order valence-corrected chi connectivity index (χ3v) is 5.63. The van der Waals surface area contributed by atoms with E-state index in [4.69, 9.17) is 4.74 Å². The van der Waals surface area contributed by atoms with E-state index >= 15 is 0 Å². The zero-order valence-electron chi connectivity index (χ0n) is 16.0. The van der Waals surface area contributed by atoms with E-state index in [-0.39, 0.29) is 23.9 Å². The summed E-state index contributed by atoms with van der Waals surface area (Å²) in [5.41, 5.74) is 2.79. The minimum absolute atomic E-state index is 0.0580. The summed E-state index contributed by atoms with van der Waals surface area (Å²) in [6, 6.07) is 10.8. The first-order valence-electron chi connectivity index (χ1n) is 9.82. The fourth-order valence-electron chi connectivity index (χ4n) is 4.22. The molecular weight excluding hydrogens is 373 g/mol. The fourth-order valence-corrected chi connectivity index (χ4v) is 4.22. The quantitative estimate of drug-likeness (QED) is 0.707. The molecule has 3 aromatic rings. The summed E-state index contributed by atoms with van der Waals surface area (Å²) in [4.78, 5) is 0. The van der Waals surface area contributed by atoms with Gasteiger partial charge in [-0.3, -0.25) is 0 Å². The highest BCUT2D eigenvalue weighted by Crippen LogP contribution is 2.32. The second-order valence-corrected chi connectivity index (χ2v) is 7.79. The summed E-state index contributed by atoms with van der Waals surface area (Å²) in [5.74, 6) is 0.515. The maximum absolute atomic E-state index is 13.8. The van der Waals surface area contributed by atoms with Crippen molar-refractivity contribution in [2.45, 2.75) is 50.5 Å². The van der Waals surface area contributed by atoms with E-state index in [1.165, 1.54) is 0 Å². The maximum Gasteiger partial charge on any atom is 0.233 e. The number of halogens is 1. The molecule has 1 aromatic carbocycles. The number of ether oxygens (including phenoxy) is 1. The molecule has 2 saturated heterocycles. The Labute approximate surface area is 167 Å². The molecule has 150 valence electrons. The molecule has 8 heteroatoms. The molecule has 2 aliphatic rings. The molecule has 2 aliphatic heterocycles. The molecule has 2 fully saturated rings. The second-order valence-electron chi connectivity index (χ2n) is 7.79. The number of aromatic nitrogens is 4. The first-order chi connectivity index (χ1) is 14.0. The third kappa shape index (κ3) is 3.55. The van der Waals surface area contributed by atoms with Crippen molar-refractivity contribution in [3.05, 3.63) is 48.3 Å². The van der Waals surface area contributed by atoms with Gasteiger partial charge in [0, 0.05) is 42.4 Å². The van der Waals surface area contributed by atoms with Gasteiger partial charge in [0.05, 0.1) is 17.1 Å². The van der Waals surface area contributed by atoms with Gasteiger partial charge in [-0.2, -0.15) is 5.10 Å². The molecule has 0 spiro atoms. The number of aryl methyl sites for hydroxylation is 1. The summed E-state index contributed by atoms with van der Waals surface area (Å²) in [7, 11) is 0. The first-order valence-corrected chi connectivity index (χ1v) is 9.82. The van der Waals surface area contributed by atoms with E-state index in [1.807, 2.05) is 25.3 Å². The zero-order valence-corrected chi connectivity index (χ0v) is 16.0. The molecule has 7 nitrogen and oxygen atoms in total. The highest BCUT2D eigenvalue weighted by Gasteiger charge is 2.41. The van der Waals surface area contributed by atoms with Crippen LogP contribution in [0, 0.1) is 6.92 Å². The molecule has 5 rings (SSSR count). The summed E-state index contributed by atoms with van der Waals surface area (Å²) < 4.78 is 21.5. The van der Waals surface area contributed by atoms with Crippen molar-refractivity contribution < 1.29 is 14.2 Å². The number of hydrogen-bond donors (Lipinski definition) is 2. The summed E-state index contributed by atoms with van der Waals surface area (Å²) in [5, 5.41) is 26.4. The summed E-state index contributed by atoms with van der Waals surface area (Å²) in [6.07, 6.45) is 2.96. The maximum atomic E-state index is 13.8. The number of phenolic OH excluding ortho intramolecular Hbond substituents is 1. The summed E-state index contributed by atoms with van der Waals surface area (Å²) >= 11 is 0. The molecule has 2 N–H and O–H groups in total. The molecule has 0 radical (unpaired) electrons. The molecule has 0 saturated carbocycles. The minimum Gasteiger partial charge on any atom is -0.507 e. The van der Waals surface area contributed by atoms with Crippen LogP contribution < -0.4 is 10.1 Å². The molecule has 0 amide bonds. The number of nitrogens with one attached hydrogen (secondary N) is 1. The Bertz CT molecular complexity index is 1020. The Kier molecular flexibility index (Phi) is 4.43. The van der Waals surface area contributed by atoms with Crippen LogP contribution in [0.25, 0.3) is 16.9 Å². The van der Waals surface area contributed by atoms with Gasteiger partial charge in [0.15, 0.2) is 0 Å². The molecule has 29 heavy (non-hydrogen) atoms. The largest absolute Gasteiger partial charge is 0.507 e. The Balaban J connectivity index is 1.30. The van der Waals surface area contributed by atoms with Gasteiger partial charge in [-0.15, -0.1) is 10.2 Å². The molecular formula is C21H22FN5O2. The minimum atomic E-state index is -0.793. The van der Waals surface area contributed by atoms with E-state index in [1.54, 1.807) is 28.9 Å². The van der Waals surface area contributed by atoms with Gasteiger partial charge < -0.3 is 15.2 Å². The number of piperidine rings is 1. The van der Waals surface area contributed by atoms with Crippen LogP contribution in [-0.4, -0.2) is 49.4 Å². The molecule has 4 atom stereocenters. The van der Waals surface area contributed by atoms with Crippen LogP contribution in [0.4, 0.5) is 4.39 Å². The average Bonchev–Trinajstić information content (AvgIpc) is 3.25. The number of rotatable bonds is 4. The van der Waals surface area contributed by atoms with Gasteiger partial charge in [0.25, 0.3) is 0 Å². The Hall–Kier alpha value is -3.00. The molecule has 4 heterocycles. The second kappa shape index (κ2) is 7.11. The number of phenols is 1. The predicted molar refractivity (Wildman–Crippen MR) is 105 cm³/mol. The van der Waals surface area contributed by atoms with Gasteiger partial charge in [-0.25, -0.2) is 9.07 Å². The van der Waals surface area contributed by atoms with Crippen LogP contribution in [0.3, 0.4) is 0 Å². The number of aromatic hydroxyl groups is 1. The van der Waals surface area contributed by atoms with Crippen molar-refractivity contribution in [3.8, 4) is 28.6 Å². The first kappa shape index (κ1) is 18.1. The Morgan fingerprint density at radius 2 is 2.03 bits per heavy atom. The monoisotopic (exact) mass is 395 g/mol. The molecule has 0 aliphatic carbocycles. The van der Waals surface area contributed by atoms with E-state index in [0.29, 0.717) is 30.0 Å². The van der Waals surface area contributed by atoms with Crippen molar-refractivity contribution in [3.63, 3.8) is 0 Å². The van der Waals surface area contributed by atoms with E-state index < -0.39 is 6.17 Å². The smallest absolute Gasteiger partial charge is 0.233 e. The Morgan fingerprint density at radius 3 is 2.72 bits per heavy atom. The SMILES string of the molecule is Cc1ccn(-c2ccc(-c3ccc(OC4CC5CC(F)C(C4)N5)nn3)c(O)c2)n1. The lowest BCUT2D eigenvalue weighted by Crippen LogP contribution is -2.44. The molecule has 4 unspecified atom stereocenters. The van der Waals surface area contributed by atoms with E-state index in [2.05, 4.69) is 20.6 Å². The summed E-state index contributed by atoms with van der Waals surface area (Å²) in [6.45, 7) is 1.91. The van der Waals surface area contributed by atoms with Gasteiger partial charge in [-0.05, 0) is 44.0 Å². The van der Waals surface area contributed by atoms with Crippen molar-refractivity contribution in [1.82, 2.24) is 25.3 Å². The number of benzene rings is 1. The van der Waals surface area contributed by atoms with Crippen LogP contribution in [0.2, 0.25) is 0 Å². The van der Waals surface area contributed by atoms with Gasteiger partial charge in [0.2, 0.25) is 5.88 Å². The lowest BCUT2D eigenvalue weighted by Gasteiger charge is -2.28. The predicted octanol–water partition coefficient (Wildman–Crippen LogP) is 2.95. The number of hydrogen-bond acceptors (Lipinski definition) is 6. The lowest BCUT2D eigenvalue weighted by molar-refractivity contribution is 0.123. The number of alkyl halides is 1. The highest BCUT2D eigenvalue weighted by molar-refractivity contribution is 5.68. The molecule has 2 aromatic heterocycles. The Morgan fingerprint density at radius 1 is 1.14 bits per heavy atom. The van der Waals surface area contributed by atoms with E-state index in [9.17, 15) is 9.50 Å². The zero-order chi connectivity index (χ0) is 20.0. The van der Waals surface area contributed by atoms with Gasteiger partial charge >= 0.3 is 0 Å². The van der Waals surface area contributed by atoms with Crippen molar-refractivity contribution in [2.75, 3.05) is 0 Å². The molecule has 2 bridgehead atoms. The fraction of sp³-hybridized carbons (Fsp3) is 0.381. The third-order valence-electron chi connectivity index (χ3n) is 5.63. The van der Waals surface area contributed by atoms with E-state index in [0.717, 1.165) is 17.8 Å². The van der Waals surface area contributed by atoms with Gasteiger partial charge in [0.1, 0.15) is 18.0 Å².